The first kappa shape index (κ1) is 17.3. The van der Waals surface area contributed by atoms with Crippen LogP contribution in [-0.2, 0) is 0 Å². The summed E-state index contributed by atoms with van der Waals surface area (Å²) in [5.74, 6) is 0.271. The number of fused-ring (bicyclic) bond motifs is 1. The van der Waals surface area contributed by atoms with E-state index in [-0.39, 0.29) is 17.1 Å². The molecule has 1 N–H and O–H groups in total. The minimum Gasteiger partial charge on any atom is -0.507 e. The molecule has 1 aliphatic heterocycles. The summed E-state index contributed by atoms with van der Waals surface area (Å²) in [6.07, 6.45) is 2.15. The number of likely N-dealkylation sites (N-methyl/N-ethyl adjacent to an activating group) is 1. The summed E-state index contributed by atoms with van der Waals surface area (Å²) in [5, 5.41) is 11.0. The second kappa shape index (κ2) is 6.10. The van der Waals surface area contributed by atoms with Gasteiger partial charge >= 0.3 is 0 Å². The van der Waals surface area contributed by atoms with Crippen LogP contribution in [0, 0.1) is 5.82 Å². The lowest BCUT2D eigenvalue weighted by molar-refractivity contribution is 0.339. The maximum atomic E-state index is 13.6. The molecular formula is C21H24FNO2. The molecule has 0 radical (unpaired) electrons. The minimum atomic E-state index is -0.359. The number of anilines is 1. The van der Waals surface area contributed by atoms with E-state index in [2.05, 4.69) is 24.8 Å². The fraction of sp³-hybridized carbons (Fsp3) is 0.333. The Morgan fingerprint density at radius 3 is 2.52 bits per heavy atom. The molecular weight excluding hydrogens is 317 g/mol. The van der Waals surface area contributed by atoms with Crippen molar-refractivity contribution >= 4 is 11.3 Å². The van der Waals surface area contributed by atoms with Gasteiger partial charge in [0.1, 0.15) is 17.3 Å². The number of rotatable bonds is 3. The van der Waals surface area contributed by atoms with Gasteiger partial charge in [0.2, 0.25) is 0 Å². The molecule has 3 nitrogen and oxygen atoms in total. The van der Waals surface area contributed by atoms with Crippen molar-refractivity contribution in [3.63, 3.8) is 0 Å². The van der Waals surface area contributed by atoms with E-state index in [0.717, 1.165) is 16.8 Å². The van der Waals surface area contributed by atoms with Gasteiger partial charge in [-0.3, -0.25) is 0 Å². The number of hydrogen-bond acceptors (Lipinski definition) is 3. The van der Waals surface area contributed by atoms with Crippen molar-refractivity contribution < 1.29 is 14.2 Å². The molecule has 2 aromatic rings. The van der Waals surface area contributed by atoms with E-state index in [0.29, 0.717) is 23.5 Å². The van der Waals surface area contributed by atoms with Crippen molar-refractivity contribution in [3.05, 3.63) is 47.8 Å². The molecule has 0 atom stereocenters. The Hall–Kier alpha value is -2.49. The number of allylic oxidation sites excluding steroid dienone is 1. The van der Waals surface area contributed by atoms with E-state index in [1.807, 2.05) is 33.0 Å². The molecule has 0 spiro atoms. The van der Waals surface area contributed by atoms with E-state index in [4.69, 9.17) is 4.74 Å². The Labute approximate surface area is 148 Å². The number of halogens is 1. The van der Waals surface area contributed by atoms with Gasteiger partial charge in [0.05, 0.1) is 12.1 Å². The molecule has 0 saturated heterocycles. The summed E-state index contributed by atoms with van der Waals surface area (Å²) >= 11 is 0. The fourth-order valence-electron chi connectivity index (χ4n) is 3.47. The molecule has 132 valence electrons. The highest BCUT2D eigenvalue weighted by Gasteiger charge is 2.31. The SMILES string of the molecule is CCOc1cc(F)ccc1-c1ccc2c(c1O)C(C)=CC(C)(C)N2C. The van der Waals surface area contributed by atoms with E-state index >= 15 is 0 Å². The zero-order valence-electron chi connectivity index (χ0n) is 15.4. The first-order chi connectivity index (χ1) is 11.8. The molecule has 0 saturated carbocycles. The fourth-order valence-corrected chi connectivity index (χ4v) is 3.47. The van der Waals surface area contributed by atoms with Crippen LogP contribution >= 0.6 is 0 Å². The van der Waals surface area contributed by atoms with Gasteiger partial charge in [-0.25, -0.2) is 4.39 Å². The van der Waals surface area contributed by atoms with Crippen LogP contribution in [0.15, 0.2) is 36.4 Å². The van der Waals surface area contributed by atoms with Crippen LogP contribution in [0.5, 0.6) is 11.5 Å². The highest BCUT2D eigenvalue weighted by Crippen LogP contribution is 2.47. The molecule has 2 aromatic carbocycles. The van der Waals surface area contributed by atoms with E-state index in [9.17, 15) is 9.50 Å². The molecule has 1 heterocycles. The minimum absolute atomic E-state index is 0.128. The predicted octanol–water partition coefficient (Wildman–Crippen LogP) is 5.23. The van der Waals surface area contributed by atoms with Gasteiger partial charge in [0.25, 0.3) is 0 Å². The highest BCUT2D eigenvalue weighted by molar-refractivity contribution is 5.91. The third-order valence-electron chi connectivity index (χ3n) is 4.88. The average molecular weight is 341 g/mol. The number of phenols is 1. The topological polar surface area (TPSA) is 32.7 Å². The van der Waals surface area contributed by atoms with Crippen LogP contribution in [0.25, 0.3) is 16.7 Å². The standard InChI is InChI=1S/C21H24FNO2/c1-6-25-18-11-14(22)7-8-15(18)16-9-10-17-19(20(16)24)13(2)12-21(3,4)23(17)5/h7-12,24H,6H2,1-5H3. The Kier molecular flexibility index (Phi) is 4.23. The lowest BCUT2D eigenvalue weighted by Crippen LogP contribution is -2.42. The van der Waals surface area contributed by atoms with Gasteiger partial charge in [0, 0.05) is 35.5 Å². The number of ether oxygens (including phenoxy) is 1. The lowest BCUT2D eigenvalue weighted by Gasteiger charge is -2.41. The lowest BCUT2D eigenvalue weighted by atomic mass is 9.87. The molecule has 0 aromatic heterocycles. The van der Waals surface area contributed by atoms with Gasteiger partial charge in [-0.2, -0.15) is 0 Å². The predicted molar refractivity (Wildman–Crippen MR) is 101 cm³/mol. The van der Waals surface area contributed by atoms with Crippen LogP contribution in [0.2, 0.25) is 0 Å². The maximum absolute atomic E-state index is 13.6. The summed E-state index contributed by atoms with van der Waals surface area (Å²) in [6.45, 7) is 8.56. The van der Waals surface area contributed by atoms with Gasteiger partial charge in [0.15, 0.2) is 0 Å². The normalized spacial score (nSPS) is 15.6. The number of phenolic OH excluding ortho intramolecular Hbond substituents is 1. The van der Waals surface area contributed by atoms with Crippen LogP contribution in [-0.4, -0.2) is 24.3 Å². The first-order valence-corrected chi connectivity index (χ1v) is 8.48. The van der Waals surface area contributed by atoms with Crippen molar-refractivity contribution in [2.75, 3.05) is 18.6 Å². The first-order valence-electron chi connectivity index (χ1n) is 8.48. The molecule has 0 amide bonds. The monoisotopic (exact) mass is 341 g/mol. The van der Waals surface area contributed by atoms with Crippen LogP contribution < -0.4 is 9.64 Å². The number of nitrogens with zero attached hydrogens (tertiary/aromatic N) is 1. The van der Waals surface area contributed by atoms with Crippen molar-refractivity contribution in [2.45, 2.75) is 33.2 Å². The number of hydrogen-bond donors (Lipinski definition) is 1. The summed E-state index contributed by atoms with van der Waals surface area (Å²) in [7, 11) is 2.02. The maximum Gasteiger partial charge on any atom is 0.133 e. The van der Waals surface area contributed by atoms with Gasteiger partial charge in [-0.15, -0.1) is 0 Å². The van der Waals surface area contributed by atoms with E-state index in [1.165, 1.54) is 12.1 Å². The zero-order valence-corrected chi connectivity index (χ0v) is 15.4. The van der Waals surface area contributed by atoms with Gasteiger partial charge in [-0.05, 0) is 57.5 Å². The molecule has 25 heavy (non-hydrogen) atoms. The van der Waals surface area contributed by atoms with Crippen LogP contribution in [0.1, 0.15) is 33.3 Å². The smallest absolute Gasteiger partial charge is 0.133 e. The van der Waals surface area contributed by atoms with Crippen molar-refractivity contribution in [3.8, 4) is 22.6 Å². The summed E-state index contributed by atoms with van der Waals surface area (Å²) in [4.78, 5) is 2.15. The number of aromatic hydroxyl groups is 1. The Balaban J connectivity index is 2.21. The Morgan fingerprint density at radius 2 is 1.84 bits per heavy atom. The second-order valence-corrected chi connectivity index (χ2v) is 6.97. The molecule has 0 fully saturated rings. The van der Waals surface area contributed by atoms with Crippen molar-refractivity contribution in [1.82, 2.24) is 0 Å². The summed E-state index contributed by atoms with van der Waals surface area (Å²) < 4.78 is 19.2. The molecule has 0 unspecified atom stereocenters. The average Bonchev–Trinajstić information content (AvgIpc) is 2.53. The molecule has 3 rings (SSSR count). The van der Waals surface area contributed by atoms with Crippen molar-refractivity contribution in [1.29, 1.82) is 0 Å². The molecule has 1 aliphatic rings. The number of benzene rings is 2. The highest BCUT2D eigenvalue weighted by atomic mass is 19.1. The quantitative estimate of drug-likeness (QED) is 0.830. The molecule has 4 heteroatoms. The third kappa shape index (κ3) is 2.86. The van der Waals surface area contributed by atoms with Crippen molar-refractivity contribution in [2.24, 2.45) is 0 Å². The van der Waals surface area contributed by atoms with Crippen LogP contribution in [0.3, 0.4) is 0 Å². The molecule has 0 bridgehead atoms. The Bertz CT molecular complexity index is 855. The largest absolute Gasteiger partial charge is 0.507 e. The van der Waals surface area contributed by atoms with Gasteiger partial charge in [-0.1, -0.05) is 6.08 Å². The molecule has 0 aliphatic carbocycles. The van der Waals surface area contributed by atoms with Crippen LogP contribution in [0.4, 0.5) is 10.1 Å². The summed E-state index contributed by atoms with van der Waals surface area (Å²) in [6, 6.07) is 8.26. The van der Waals surface area contributed by atoms with E-state index in [1.54, 1.807) is 6.07 Å². The summed E-state index contributed by atoms with van der Waals surface area (Å²) in [5.41, 5.74) is 4.01. The van der Waals surface area contributed by atoms with E-state index < -0.39 is 0 Å². The van der Waals surface area contributed by atoms with Gasteiger partial charge < -0.3 is 14.7 Å². The zero-order chi connectivity index (χ0) is 18.4. The second-order valence-electron chi connectivity index (χ2n) is 6.97. The Morgan fingerprint density at radius 1 is 1.16 bits per heavy atom. The third-order valence-corrected chi connectivity index (χ3v) is 4.88.